The molecule has 0 bridgehead atoms. The SMILES string of the molecule is [2H]c1cn([13C@@H]2O[13C@H]([13CH2]O)[13C@@H](O)[13C@H]2O)c(=O)nc1[15NH]C(C)=O. The molecule has 0 spiro atoms. The monoisotopic (exact) mass is 292 g/mol. The molecule has 1 aliphatic rings. The van der Waals surface area contributed by atoms with Crippen LogP contribution in [0.5, 0.6) is 0 Å². The number of aromatic nitrogens is 2. The highest BCUT2D eigenvalue weighted by Gasteiger charge is 2.43. The van der Waals surface area contributed by atoms with Crippen LogP contribution in [0, 0.1) is 0 Å². The molecule has 1 aromatic heterocycles. The Morgan fingerprint density at radius 2 is 2.30 bits per heavy atom. The molecule has 110 valence electrons. The van der Waals surface area contributed by atoms with E-state index < -0.39 is 42.7 Å². The molecule has 1 fully saturated rings. The molecule has 0 unspecified atom stereocenters. The number of carbonyl (C=O) groups is 1. The zero-order chi connectivity index (χ0) is 15.7. The van der Waals surface area contributed by atoms with E-state index in [1.54, 1.807) is 0 Å². The molecular formula is C11H15N3O6. The van der Waals surface area contributed by atoms with Crippen LogP contribution in [0.15, 0.2) is 17.0 Å². The summed E-state index contributed by atoms with van der Waals surface area (Å²) in [6.07, 6.45) is -4.10. The maximum absolute atomic E-state index is 11.9. The third-order valence-electron chi connectivity index (χ3n) is 2.85. The van der Waals surface area contributed by atoms with Crippen LogP contribution in [-0.4, -0.2) is 55.7 Å². The summed E-state index contributed by atoms with van der Waals surface area (Å²) in [5.41, 5.74) is -0.871. The van der Waals surface area contributed by atoms with Crippen molar-refractivity contribution in [2.75, 3.05) is 11.9 Å². The highest BCUT2D eigenvalue weighted by atomic mass is 16.8. The standard InChI is InChI=1S/C11H15N3O6/c1-5(16)12-7-2-3-14(11(19)13-7)10-9(18)8(17)6(4-15)20-10/h2-3,6,8-10,15,17-18H,4H2,1H3,(H,12,13,16,19)/t6-,8-,9-,10-/m1/s1/i2D,4+1,6+1,8+1,9+1,10+1,12+1. The number of amides is 1. The van der Waals surface area contributed by atoms with E-state index in [9.17, 15) is 19.8 Å². The molecule has 0 aromatic carbocycles. The minimum absolute atomic E-state index is 0.213. The second-order valence-electron chi connectivity index (χ2n) is 4.33. The zero-order valence-electron chi connectivity index (χ0n) is 11.6. The minimum Gasteiger partial charge on any atom is -0.394 e. The lowest BCUT2D eigenvalue weighted by Gasteiger charge is -2.17. The Hall–Kier alpha value is -1.81. The summed E-state index contributed by atoms with van der Waals surface area (Å²) in [5.74, 6) is -0.698. The van der Waals surface area contributed by atoms with Crippen LogP contribution >= 0.6 is 0 Å². The highest BCUT2D eigenvalue weighted by Crippen LogP contribution is 2.27. The van der Waals surface area contributed by atoms with E-state index in [2.05, 4.69) is 10.3 Å². The molecule has 4 atom stereocenters. The first-order valence-electron chi connectivity index (χ1n) is 6.35. The van der Waals surface area contributed by atoms with Gasteiger partial charge in [0.25, 0.3) is 0 Å². The largest absolute Gasteiger partial charge is 0.394 e. The summed E-state index contributed by atoms with van der Waals surface area (Å²) in [6, 6.07) is -0.262. The third kappa shape index (κ3) is 2.70. The number of rotatable bonds is 3. The normalized spacial score (nSPS) is 30.1. The predicted octanol–water partition coefficient (Wildman–Crippen LogP) is -2.19. The molecule has 1 aliphatic heterocycles. The third-order valence-corrected chi connectivity index (χ3v) is 2.85. The van der Waals surface area contributed by atoms with Crippen molar-refractivity contribution in [1.29, 1.82) is 0 Å². The van der Waals surface area contributed by atoms with Gasteiger partial charge in [-0.15, -0.1) is 0 Å². The number of carbonyl (C=O) groups excluding carboxylic acids is 1. The van der Waals surface area contributed by atoms with Crippen molar-refractivity contribution in [2.45, 2.75) is 31.5 Å². The van der Waals surface area contributed by atoms with E-state index in [0.717, 1.165) is 10.8 Å². The Morgan fingerprint density at radius 1 is 1.60 bits per heavy atom. The number of ether oxygens (including phenoxy) is 1. The number of nitrogens with zero attached hydrogens (tertiary/aromatic N) is 2. The maximum Gasteiger partial charge on any atom is 0.351 e. The zero-order valence-corrected chi connectivity index (χ0v) is 10.6. The van der Waals surface area contributed by atoms with Crippen molar-refractivity contribution in [3.05, 3.63) is 22.7 Å². The summed E-state index contributed by atoms with van der Waals surface area (Å²) in [6.45, 7) is 0.674. The fraction of sp³-hybridized carbons (Fsp3) is 0.545. The molecule has 20 heavy (non-hydrogen) atoms. The summed E-state index contributed by atoms with van der Waals surface area (Å²) < 4.78 is 13.7. The van der Waals surface area contributed by atoms with E-state index in [-0.39, 0.29) is 11.9 Å². The molecule has 4 N–H and O–H groups in total. The van der Waals surface area contributed by atoms with Crippen molar-refractivity contribution in [3.63, 3.8) is 0 Å². The minimum atomic E-state index is -1.45. The molecule has 9 nitrogen and oxygen atoms in total. The molecule has 1 amide bonds. The van der Waals surface area contributed by atoms with Crippen LogP contribution in [0.1, 0.15) is 14.5 Å². The number of nitrogens with one attached hydrogen (secondary N) is 1. The Morgan fingerprint density at radius 3 is 2.85 bits per heavy atom. The van der Waals surface area contributed by atoms with Gasteiger partial charge in [-0.25, -0.2) is 4.79 Å². The molecule has 0 radical (unpaired) electrons. The molecule has 1 aromatic rings. The summed E-state index contributed by atoms with van der Waals surface area (Å²) in [4.78, 5) is 26.3. The number of hydrogen-bond acceptors (Lipinski definition) is 7. The first-order chi connectivity index (χ1) is 9.85. The van der Waals surface area contributed by atoms with E-state index in [0.29, 0.717) is 0 Å². The fourth-order valence-electron chi connectivity index (χ4n) is 1.89. The Kier molecular flexibility index (Phi) is 3.74. The van der Waals surface area contributed by atoms with Crippen LogP contribution in [0.2, 0.25) is 0 Å². The smallest absolute Gasteiger partial charge is 0.351 e. The van der Waals surface area contributed by atoms with Crippen molar-refractivity contribution in [2.24, 2.45) is 0 Å². The number of hydrogen-bond donors (Lipinski definition) is 4. The quantitative estimate of drug-likeness (QED) is 0.367. The first-order valence-corrected chi connectivity index (χ1v) is 5.85. The van der Waals surface area contributed by atoms with Gasteiger partial charge in [0, 0.05) is 13.1 Å². The van der Waals surface area contributed by atoms with Gasteiger partial charge in [0.2, 0.25) is 5.91 Å². The van der Waals surface area contributed by atoms with Crippen LogP contribution in [0.4, 0.5) is 5.82 Å². The van der Waals surface area contributed by atoms with Gasteiger partial charge in [-0.1, -0.05) is 0 Å². The van der Waals surface area contributed by atoms with Gasteiger partial charge >= 0.3 is 5.69 Å². The average Bonchev–Trinajstić information content (AvgIpc) is 2.69. The van der Waals surface area contributed by atoms with Crippen molar-refractivity contribution in [1.82, 2.24) is 9.55 Å². The van der Waals surface area contributed by atoms with Gasteiger partial charge in [0.05, 0.1) is 7.98 Å². The molecule has 0 saturated carbocycles. The Bertz CT molecular complexity index is 606. The van der Waals surface area contributed by atoms with Gasteiger partial charge in [-0.2, -0.15) is 4.98 Å². The summed E-state index contributed by atoms with van der Waals surface area (Å²) >= 11 is 0. The number of aliphatic hydroxyl groups excluding tert-OH is 3. The van der Waals surface area contributed by atoms with Gasteiger partial charge in [-0.05, 0) is 6.04 Å². The second kappa shape index (κ2) is 5.67. The lowest BCUT2D eigenvalue weighted by Crippen LogP contribution is -2.36. The predicted molar refractivity (Wildman–Crippen MR) is 65.8 cm³/mol. The number of anilines is 1. The maximum atomic E-state index is 11.9. The topological polar surface area (TPSA) is 134 Å². The van der Waals surface area contributed by atoms with Gasteiger partial charge in [0.15, 0.2) is 6.23 Å². The molecule has 0 aliphatic carbocycles. The lowest BCUT2D eigenvalue weighted by atomic mass is 10.6. The van der Waals surface area contributed by atoms with E-state index in [1.807, 2.05) is 0 Å². The van der Waals surface area contributed by atoms with E-state index in [4.69, 9.17) is 11.2 Å². The van der Waals surface area contributed by atoms with E-state index in [1.165, 1.54) is 6.92 Å². The van der Waals surface area contributed by atoms with Gasteiger partial charge in [-0.3, -0.25) is 9.36 Å². The van der Waals surface area contributed by atoms with Crippen LogP contribution in [-0.2, 0) is 9.53 Å². The number of aliphatic hydroxyl groups is 3. The summed E-state index contributed by atoms with van der Waals surface area (Å²) in [7, 11) is 0. The van der Waals surface area contributed by atoms with Crippen LogP contribution < -0.4 is 11.0 Å². The lowest BCUT2D eigenvalue weighted by molar-refractivity contribution is -0.114. The van der Waals surface area contributed by atoms with Gasteiger partial charge in [0.1, 0.15) is 24.1 Å². The molecular weight excluding hydrogens is 276 g/mol. The van der Waals surface area contributed by atoms with Crippen molar-refractivity contribution in [3.8, 4) is 0 Å². The highest BCUT2D eigenvalue weighted by molar-refractivity contribution is 5.87. The Balaban J connectivity index is 2.35. The summed E-state index contributed by atoms with van der Waals surface area (Å²) in [5, 5.41) is 30.7. The van der Waals surface area contributed by atoms with Crippen LogP contribution in [0.3, 0.4) is 0 Å². The Labute approximate surface area is 114 Å². The second-order valence-corrected chi connectivity index (χ2v) is 4.33. The molecule has 1 saturated heterocycles. The first kappa shape index (κ1) is 13.2. The molecule has 9 heteroatoms. The van der Waals surface area contributed by atoms with Gasteiger partial charge < -0.3 is 25.4 Å². The van der Waals surface area contributed by atoms with Crippen LogP contribution in [0.25, 0.3) is 0 Å². The fourth-order valence-corrected chi connectivity index (χ4v) is 1.89. The molecule has 2 rings (SSSR count). The average molecular weight is 292 g/mol. The van der Waals surface area contributed by atoms with E-state index >= 15 is 0 Å². The van der Waals surface area contributed by atoms with Crippen molar-refractivity contribution >= 4 is 11.7 Å². The molecule has 2 heterocycles. The van der Waals surface area contributed by atoms with Crippen molar-refractivity contribution < 1.29 is 26.2 Å².